The zero-order valence-electron chi connectivity index (χ0n) is 15.2. The van der Waals surface area contributed by atoms with Crippen LogP contribution < -0.4 is 0 Å². The van der Waals surface area contributed by atoms with Crippen molar-refractivity contribution in [3.05, 3.63) is 53.3 Å². The van der Waals surface area contributed by atoms with E-state index < -0.39 is 6.10 Å². The lowest BCUT2D eigenvalue weighted by Gasteiger charge is -2.26. The first-order valence-corrected chi connectivity index (χ1v) is 8.96. The number of carbonyl (C=O) groups is 1. The van der Waals surface area contributed by atoms with Crippen molar-refractivity contribution in [3.8, 4) is 0 Å². The minimum atomic E-state index is -0.552. The second kappa shape index (κ2) is 7.00. The molecule has 134 valence electrons. The summed E-state index contributed by atoms with van der Waals surface area (Å²) in [5.41, 5.74) is 2.25. The molecule has 2 atom stereocenters. The summed E-state index contributed by atoms with van der Waals surface area (Å²) in [5.74, 6) is -0.0467. The maximum atomic E-state index is 12.9. The summed E-state index contributed by atoms with van der Waals surface area (Å²) >= 11 is 0. The molecule has 2 unspecified atom stereocenters. The molecule has 1 aliphatic rings. The van der Waals surface area contributed by atoms with Gasteiger partial charge in [-0.2, -0.15) is 5.10 Å². The van der Waals surface area contributed by atoms with Crippen molar-refractivity contribution in [2.75, 3.05) is 6.54 Å². The number of aliphatic hydroxyl groups is 1. The van der Waals surface area contributed by atoms with E-state index in [4.69, 9.17) is 0 Å². The van der Waals surface area contributed by atoms with Crippen LogP contribution in [-0.4, -0.2) is 38.7 Å². The first-order chi connectivity index (χ1) is 11.9. The fourth-order valence-corrected chi connectivity index (χ4v) is 3.38. The Morgan fingerprint density at radius 2 is 2.08 bits per heavy atom. The molecule has 1 amide bonds. The van der Waals surface area contributed by atoms with Crippen molar-refractivity contribution >= 4 is 5.91 Å². The number of hydrogen-bond acceptors (Lipinski definition) is 3. The van der Waals surface area contributed by atoms with E-state index in [0.717, 1.165) is 30.6 Å². The Morgan fingerprint density at radius 3 is 2.72 bits per heavy atom. The number of benzene rings is 1. The third-order valence-electron chi connectivity index (χ3n) is 4.92. The summed E-state index contributed by atoms with van der Waals surface area (Å²) in [7, 11) is 0. The fourth-order valence-electron chi connectivity index (χ4n) is 3.38. The van der Waals surface area contributed by atoms with E-state index in [9.17, 15) is 9.90 Å². The summed E-state index contributed by atoms with van der Waals surface area (Å²) < 4.78 is 0. The van der Waals surface area contributed by atoms with Crippen molar-refractivity contribution in [1.82, 2.24) is 15.1 Å². The number of aromatic nitrogens is 2. The first kappa shape index (κ1) is 17.7. The van der Waals surface area contributed by atoms with Gasteiger partial charge in [-0.15, -0.1) is 0 Å². The normalized spacial score (nSPS) is 19.2. The Morgan fingerprint density at radius 1 is 1.36 bits per heavy atom. The molecule has 1 aromatic carbocycles. The number of carbonyl (C=O) groups excluding carboxylic acids is 1. The predicted octanol–water partition coefficient (Wildman–Crippen LogP) is 3.44. The Labute approximate surface area is 149 Å². The Kier molecular flexibility index (Phi) is 4.95. The number of amides is 1. The molecular formula is C20H27N3O2. The van der Waals surface area contributed by atoms with Crippen molar-refractivity contribution in [1.29, 1.82) is 0 Å². The van der Waals surface area contributed by atoms with Crippen molar-refractivity contribution < 1.29 is 9.90 Å². The molecule has 1 aromatic heterocycles. The molecule has 2 aromatic rings. The zero-order chi connectivity index (χ0) is 18.0. The highest BCUT2D eigenvalue weighted by Gasteiger charge is 2.32. The van der Waals surface area contributed by atoms with Crippen LogP contribution in [0.1, 0.15) is 67.9 Å². The molecule has 0 saturated carbocycles. The molecule has 2 heterocycles. The van der Waals surface area contributed by atoms with Gasteiger partial charge in [0.05, 0.1) is 6.10 Å². The average molecular weight is 341 g/mol. The molecule has 2 N–H and O–H groups in total. The van der Waals surface area contributed by atoms with Gasteiger partial charge < -0.3 is 10.0 Å². The minimum Gasteiger partial charge on any atom is -0.388 e. The van der Waals surface area contributed by atoms with Gasteiger partial charge in [0.1, 0.15) is 5.69 Å². The standard InChI is InChI=1S/C20H27N3O2/c1-20(2,3)18-13-16(21-22-18)19(25)23-11-7-10-15(23)12-17(24)14-8-5-4-6-9-14/h4-6,8-9,13,15,17,24H,7,10-12H2,1-3H3,(H,21,22). The number of hydrogen-bond donors (Lipinski definition) is 2. The number of aromatic amines is 1. The molecule has 3 rings (SSSR count). The Bertz CT molecular complexity index is 718. The predicted molar refractivity (Wildman–Crippen MR) is 97.4 cm³/mol. The van der Waals surface area contributed by atoms with Gasteiger partial charge in [0.2, 0.25) is 0 Å². The van der Waals surface area contributed by atoms with Gasteiger partial charge in [-0.3, -0.25) is 9.89 Å². The lowest BCUT2D eigenvalue weighted by Crippen LogP contribution is -2.36. The lowest BCUT2D eigenvalue weighted by atomic mass is 9.92. The van der Waals surface area contributed by atoms with Crippen molar-refractivity contribution in [2.24, 2.45) is 0 Å². The summed E-state index contributed by atoms with van der Waals surface area (Å²) in [4.78, 5) is 14.7. The molecule has 0 spiro atoms. The molecule has 25 heavy (non-hydrogen) atoms. The molecule has 5 nitrogen and oxygen atoms in total. The number of H-pyrrole nitrogens is 1. The van der Waals surface area contributed by atoms with E-state index in [1.165, 1.54) is 0 Å². The number of rotatable bonds is 4. The topological polar surface area (TPSA) is 69.2 Å². The van der Waals surface area contributed by atoms with Crippen LogP contribution in [0.25, 0.3) is 0 Å². The van der Waals surface area contributed by atoms with Crippen LogP contribution in [0.15, 0.2) is 36.4 Å². The molecular weight excluding hydrogens is 314 g/mol. The fraction of sp³-hybridized carbons (Fsp3) is 0.500. The van der Waals surface area contributed by atoms with Gasteiger partial charge in [0.15, 0.2) is 0 Å². The van der Waals surface area contributed by atoms with E-state index in [2.05, 4.69) is 31.0 Å². The monoisotopic (exact) mass is 341 g/mol. The molecule has 1 aliphatic heterocycles. The van der Waals surface area contributed by atoms with E-state index >= 15 is 0 Å². The van der Waals surface area contributed by atoms with Gasteiger partial charge in [-0.05, 0) is 30.9 Å². The number of nitrogens with one attached hydrogen (secondary N) is 1. The molecule has 0 radical (unpaired) electrons. The Balaban J connectivity index is 1.71. The SMILES string of the molecule is CC(C)(C)c1cc(C(=O)N2CCCC2CC(O)c2ccccc2)n[nH]1. The summed E-state index contributed by atoms with van der Waals surface area (Å²) in [5, 5.41) is 17.7. The third-order valence-corrected chi connectivity index (χ3v) is 4.92. The smallest absolute Gasteiger partial charge is 0.274 e. The van der Waals surface area contributed by atoms with E-state index in [1.54, 1.807) is 0 Å². The molecule has 5 heteroatoms. The van der Waals surface area contributed by atoms with Crippen LogP contribution in [0.2, 0.25) is 0 Å². The second-order valence-electron chi connectivity index (χ2n) is 7.87. The quantitative estimate of drug-likeness (QED) is 0.895. The Hall–Kier alpha value is -2.14. The highest BCUT2D eigenvalue weighted by Crippen LogP contribution is 2.29. The number of likely N-dealkylation sites (tertiary alicyclic amines) is 1. The van der Waals surface area contributed by atoms with Crippen LogP contribution in [0.4, 0.5) is 0 Å². The zero-order valence-corrected chi connectivity index (χ0v) is 15.2. The van der Waals surface area contributed by atoms with Gasteiger partial charge in [0.25, 0.3) is 5.91 Å². The minimum absolute atomic E-state index is 0.0467. The largest absolute Gasteiger partial charge is 0.388 e. The van der Waals surface area contributed by atoms with Crippen LogP contribution >= 0.6 is 0 Å². The highest BCUT2D eigenvalue weighted by molar-refractivity contribution is 5.92. The average Bonchev–Trinajstić information content (AvgIpc) is 3.24. The molecule has 1 saturated heterocycles. The van der Waals surface area contributed by atoms with Crippen molar-refractivity contribution in [2.45, 2.75) is 57.6 Å². The second-order valence-corrected chi connectivity index (χ2v) is 7.87. The lowest BCUT2D eigenvalue weighted by molar-refractivity contribution is 0.0661. The molecule has 0 bridgehead atoms. The van der Waals surface area contributed by atoms with Crippen molar-refractivity contribution in [3.63, 3.8) is 0 Å². The van der Waals surface area contributed by atoms with Crippen LogP contribution in [0.5, 0.6) is 0 Å². The maximum Gasteiger partial charge on any atom is 0.274 e. The molecule has 0 aliphatic carbocycles. The van der Waals surface area contributed by atoms with E-state index in [-0.39, 0.29) is 17.4 Å². The highest BCUT2D eigenvalue weighted by atomic mass is 16.3. The first-order valence-electron chi connectivity index (χ1n) is 8.96. The van der Waals surface area contributed by atoms with Gasteiger partial charge in [0, 0.05) is 23.7 Å². The maximum absolute atomic E-state index is 12.9. The molecule has 1 fully saturated rings. The number of nitrogens with zero attached hydrogens (tertiary/aromatic N) is 2. The number of aliphatic hydroxyl groups excluding tert-OH is 1. The third kappa shape index (κ3) is 3.93. The van der Waals surface area contributed by atoms with E-state index in [0.29, 0.717) is 12.1 Å². The summed E-state index contributed by atoms with van der Waals surface area (Å²) in [6.45, 7) is 6.99. The van der Waals surface area contributed by atoms with Gasteiger partial charge in [-0.1, -0.05) is 51.1 Å². The summed E-state index contributed by atoms with van der Waals surface area (Å²) in [6.07, 6.45) is 1.90. The van der Waals surface area contributed by atoms with Crippen LogP contribution in [-0.2, 0) is 5.41 Å². The summed E-state index contributed by atoms with van der Waals surface area (Å²) in [6, 6.07) is 11.5. The van der Waals surface area contributed by atoms with Gasteiger partial charge in [-0.25, -0.2) is 0 Å². The van der Waals surface area contributed by atoms with Crippen LogP contribution in [0, 0.1) is 0 Å². The van der Waals surface area contributed by atoms with Crippen LogP contribution in [0.3, 0.4) is 0 Å². The van der Waals surface area contributed by atoms with E-state index in [1.807, 2.05) is 41.3 Å². The van der Waals surface area contributed by atoms with Gasteiger partial charge >= 0.3 is 0 Å².